The number of halogens is 2. The van der Waals surface area contributed by atoms with Gasteiger partial charge in [0.05, 0.1) is 3.39 Å². The lowest BCUT2D eigenvalue weighted by molar-refractivity contribution is -0.131. The van der Waals surface area contributed by atoms with E-state index in [9.17, 15) is 4.79 Å². The van der Waals surface area contributed by atoms with Gasteiger partial charge in [-0.1, -0.05) is 12.1 Å². The van der Waals surface area contributed by atoms with E-state index in [4.69, 9.17) is 4.74 Å². The van der Waals surface area contributed by atoms with Gasteiger partial charge in [-0.2, -0.15) is 0 Å². The van der Waals surface area contributed by atoms with Gasteiger partial charge in [-0.15, -0.1) is 0 Å². The Kier molecular flexibility index (Phi) is 4.35. The van der Waals surface area contributed by atoms with Crippen molar-refractivity contribution < 1.29 is 9.53 Å². The Morgan fingerprint density at radius 1 is 1.29 bits per heavy atom. The molecular formula is C10H8Br2O2. The fourth-order valence-corrected chi connectivity index (χ4v) is 1.45. The van der Waals surface area contributed by atoms with Crippen LogP contribution in [0.3, 0.4) is 0 Å². The van der Waals surface area contributed by atoms with Gasteiger partial charge in [-0.05, 0) is 55.6 Å². The summed E-state index contributed by atoms with van der Waals surface area (Å²) in [5.74, 6) is 0.246. The second-order valence-electron chi connectivity index (χ2n) is 2.60. The number of benzene rings is 1. The minimum Gasteiger partial charge on any atom is -0.427 e. The van der Waals surface area contributed by atoms with E-state index < -0.39 is 0 Å². The predicted octanol–water partition coefficient (Wildman–Crippen LogP) is 3.70. The summed E-state index contributed by atoms with van der Waals surface area (Å²) in [6, 6.07) is 7.22. The number of carbonyl (C=O) groups excluding carboxylic acids is 1. The molecule has 0 aromatic heterocycles. The third-order valence-electron chi connectivity index (χ3n) is 1.42. The largest absolute Gasteiger partial charge is 0.427 e. The third-order valence-corrected chi connectivity index (χ3v) is 1.88. The van der Waals surface area contributed by atoms with Crippen LogP contribution in [0.25, 0.3) is 6.08 Å². The Morgan fingerprint density at radius 2 is 1.86 bits per heavy atom. The van der Waals surface area contributed by atoms with Crippen molar-refractivity contribution in [3.63, 3.8) is 0 Å². The number of hydrogen-bond acceptors (Lipinski definition) is 2. The van der Waals surface area contributed by atoms with Crippen molar-refractivity contribution in [2.24, 2.45) is 0 Å². The number of esters is 1. The molecule has 4 heteroatoms. The van der Waals surface area contributed by atoms with Crippen LogP contribution in [0.4, 0.5) is 0 Å². The van der Waals surface area contributed by atoms with Gasteiger partial charge in [-0.3, -0.25) is 4.79 Å². The number of rotatable bonds is 2. The van der Waals surface area contributed by atoms with Crippen LogP contribution in [0.15, 0.2) is 27.7 Å². The van der Waals surface area contributed by atoms with Crippen molar-refractivity contribution >= 4 is 43.9 Å². The summed E-state index contributed by atoms with van der Waals surface area (Å²) in [6.45, 7) is 1.38. The lowest BCUT2D eigenvalue weighted by Crippen LogP contribution is -2.00. The Morgan fingerprint density at radius 3 is 2.29 bits per heavy atom. The smallest absolute Gasteiger partial charge is 0.308 e. The molecule has 1 aromatic carbocycles. The van der Waals surface area contributed by atoms with Crippen molar-refractivity contribution in [3.05, 3.63) is 33.2 Å². The van der Waals surface area contributed by atoms with Crippen molar-refractivity contribution in [1.29, 1.82) is 0 Å². The summed E-state index contributed by atoms with van der Waals surface area (Å²) in [5.41, 5.74) is 1.02. The Hall–Kier alpha value is -0.610. The van der Waals surface area contributed by atoms with Crippen LogP contribution in [-0.4, -0.2) is 5.97 Å². The molecule has 0 bridgehead atoms. The van der Waals surface area contributed by atoms with Gasteiger partial charge < -0.3 is 4.74 Å². The van der Waals surface area contributed by atoms with E-state index in [1.807, 2.05) is 18.2 Å². The van der Waals surface area contributed by atoms with Crippen LogP contribution in [0.2, 0.25) is 0 Å². The molecule has 74 valence electrons. The molecule has 0 saturated carbocycles. The normalized spacial score (nSPS) is 9.36. The zero-order valence-electron chi connectivity index (χ0n) is 7.46. The van der Waals surface area contributed by atoms with Crippen molar-refractivity contribution in [3.8, 4) is 5.75 Å². The van der Waals surface area contributed by atoms with E-state index in [-0.39, 0.29) is 5.97 Å². The van der Waals surface area contributed by atoms with Gasteiger partial charge in [-0.25, -0.2) is 0 Å². The minimum absolute atomic E-state index is 0.310. The monoisotopic (exact) mass is 318 g/mol. The predicted molar refractivity (Wildman–Crippen MR) is 63.6 cm³/mol. The highest BCUT2D eigenvalue weighted by Crippen LogP contribution is 2.20. The maximum atomic E-state index is 10.6. The first-order chi connectivity index (χ1) is 6.58. The highest BCUT2D eigenvalue weighted by atomic mass is 79.9. The van der Waals surface area contributed by atoms with E-state index in [0.717, 1.165) is 8.96 Å². The molecule has 1 aromatic rings. The second-order valence-corrected chi connectivity index (χ2v) is 5.37. The highest BCUT2D eigenvalue weighted by molar-refractivity contribution is 9.28. The summed E-state index contributed by atoms with van der Waals surface area (Å²) in [5, 5.41) is 0. The van der Waals surface area contributed by atoms with Gasteiger partial charge in [0.25, 0.3) is 0 Å². The topological polar surface area (TPSA) is 26.3 Å². The Labute approximate surface area is 99.2 Å². The first kappa shape index (κ1) is 11.5. The Bertz CT molecular complexity index is 351. The summed E-state index contributed by atoms with van der Waals surface area (Å²) in [6.07, 6.45) is 1.90. The van der Waals surface area contributed by atoms with E-state index in [2.05, 4.69) is 31.9 Å². The average molecular weight is 320 g/mol. The molecule has 2 nitrogen and oxygen atoms in total. The van der Waals surface area contributed by atoms with Crippen LogP contribution in [0, 0.1) is 0 Å². The van der Waals surface area contributed by atoms with Crippen molar-refractivity contribution in [2.75, 3.05) is 0 Å². The van der Waals surface area contributed by atoms with Crippen LogP contribution in [0.1, 0.15) is 12.5 Å². The van der Waals surface area contributed by atoms with E-state index in [0.29, 0.717) is 5.75 Å². The maximum Gasteiger partial charge on any atom is 0.308 e. The fraction of sp³-hybridized carbons (Fsp3) is 0.100. The molecule has 0 radical (unpaired) electrons. The van der Waals surface area contributed by atoms with Crippen LogP contribution in [-0.2, 0) is 4.79 Å². The molecule has 0 atom stereocenters. The SMILES string of the molecule is CC(=O)Oc1ccc(C=C(Br)Br)cc1. The minimum atomic E-state index is -0.310. The van der Waals surface area contributed by atoms with Crippen molar-refractivity contribution in [1.82, 2.24) is 0 Å². The Balaban J connectivity index is 2.78. The third kappa shape index (κ3) is 4.07. The maximum absolute atomic E-state index is 10.6. The highest BCUT2D eigenvalue weighted by Gasteiger charge is 1.96. The first-order valence-corrected chi connectivity index (χ1v) is 5.48. The van der Waals surface area contributed by atoms with Crippen LogP contribution >= 0.6 is 31.9 Å². The van der Waals surface area contributed by atoms with E-state index in [1.54, 1.807) is 12.1 Å². The number of ether oxygens (including phenoxy) is 1. The molecular weight excluding hydrogens is 312 g/mol. The van der Waals surface area contributed by atoms with E-state index >= 15 is 0 Å². The second kappa shape index (κ2) is 5.32. The average Bonchev–Trinajstić information content (AvgIpc) is 2.06. The summed E-state index contributed by atoms with van der Waals surface area (Å²) in [7, 11) is 0. The molecule has 0 amide bonds. The summed E-state index contributed by atoms with van der Waals surface area (Å²) < 4.78 is 5.76. The van der Waals surface area contributed by atoms with E-state index in [1.165, 1.54) is 6.92 Å². The fourth-order valence-electron chi connectivity index (χ4n) is 0.924. The molecule has 0 fully saturated rings. The van der Waals surface area contributed by atoms with Gasteiger partial charge >= 0.3 is 5.97 Å². The quantitative estimate of drug-likeness (QED) is 0.613. The molecule has 0 saturated heterocycles. The molecule has 0 heterocycles. The molecule has 0 N–H and O–H groups in total. The zero-order chi connectivity index (χ0) is 10.6. The summed E-state index contributed by atoms with van der Waals surface area (Å²) >= 11 is 6.52. The lowest BCUT2D eigenvalue weighted by Gasteiger charge is -2.00. The molecule has 0 aliphatic heterocycles. The molecule has 14 heavy (non-hydrogen) atoms. The van der Waals surface area contributed by atoms with Gasteiger partial charge in [0, 0.05) is 6.92 Å². The molecule has 0 aliphatic carbocycles. The van der Waals surface area contributed by atoms with Crippen LogP contribution in [0.5, 0.6) is 5.75 Å². The molecule has 1 rings (SSSR count). The van der Waals surface area contributed by atoms with Gasteiger partial charge in [0.1, 0.15) is 5.75 Å². The first-order valence-electron chi connectivity index (χ1n) is 3.89. The molecule has 0 aliphatic rings. The van der Waals surface area contributed by atoms with Gasteiger partial charge in [0.15, 0.2) is 0 Å². The molecule has 0 spiro atoms. The van der Waals surface area contributed by atoms with Crippen LogP contribution < -0.4 is 4.74 Å². The zero-order valence-corrected chi connectivity index (χ0v) is 10.6. The standard InChI is InChI=1S/C10H8Br2O2/c1-7(13)14-9-4-2-8(3-5-9)6-10(11)12/h2-6H,1H3. The number of hydrogen-bond donors (Lipinski definition) is 0. The molecule has 0 unspecified atom stereocenters. The number of carbonyl (C=O) groups is 1. The van der Waals surface area contributed by atoms with Crippen molar-refractivity contribution in [2.45, 2.75) is 6.92 Å². The lowest BCUT2D eigenvalue weighted by atomic mass is 10.2. The van der Waals surface area contributed by atoms with Gasteiger partial charge in [0.2, 0.25) is 0 Å². The summed E-state index contributed by atoms with van der Waals surface area (Å²) in [4.78, 5) is 10.6.